The van der Waals surface area contributed by atoms with Crippen molar-refractivity contribution >= 4 is 0 Å². The van der Waals surface area contributed by atoms with E-state index in [2.05, 4.69) is 19.1 Å². The Bertz CT molecular complexity index is 613. The topological polar surface area (TPSA) is 0 Å². The van der Waals surface area contributed by atoms with E-state index in [0.717, 1.165) is 24.5 Å². The lowest BCUT2D eigenvalue weighted by Gasteiger charge is -2.30. The molecule has 0 N–H and O–H groups in total. The summed E-state index contributed by atoms with van der Waals surface area (Å²) in [5.41, 5.74) is 1.87. The zero-order chi connectivity index (χ0) is 17.1. The van der Waals surface area contributed by atoms with E-state index in [4.69, 9.17) is 0 Å². The Morgan fingerprint density at radius 2 is 1.67 bits per heavy atom. The van der Waals surface area contributed by atoms with Gasteiger partial charge in [0.1, 0.15) is 0 Å². The number of allylic oxidation sites excluding steroid dienone is 4. The molecule has 1 fully saturated rings. The molecule has 1 saturated carbocycles. The number of hydrogen-bond acceptors (Lipinski definition) is 0. The molecule has 3 heteroatoms. The van der Waals surface area contributed by atoms with E-state index < -0.39 is 17.5 Å². The van der Waals surface area contributed by atoms with Gasteiger partial charge in [-0.2, -0.15) is 0 Å². The molecule has 0 amide bonds. The summed E-state index contributed by atoms with van der Waals surface area (Å²) in [6, 6.07) is 2.23. The molecule has 1 unspecified atom stereocenters. The van der Waals surface area contributed by atoms with Crippen molar-refractivity contribution in [3.63, 3.8) is 0 Å². The number of halogens is 3. The molecule has 0 heterocycles. The first kappa shape index (κ1) is 17.3. The van der Waals surface area contributed by atoms with Crippen LogP contribution in [-0.2, 0) is 0 Å². The summed E-state index contributed by atoms with van der Waals surface area (Å²) in [5, 5.41) is 0. The van der Waals surface area contributed by atoms with Gasteiger partial charge in [0.15, 0.2) is 17.5 Å². The minimum atomic E-state index is -1.39. The van der Waals surface area contributed by atoms with Gasteiger partial charge in [0.05, 0.1) is 0 Å². The van der Waals surface area contributed by atoms with E-state index in [1.807, 2.05) is 6.08 Å². The highest BCUT2D eigenvalue weighted by molar-refractivity contribution is 5.35. The predicted molar refractivity (Wildman–Crippen MR) is 91.3 cm³/mol. The van der Waals surface area contributed by atoms with Gasteiger partial charge in [-0.25, -0.2) is 13.2 Å². The standard InChI is InChI=1S/C21H25F3/c1-2-3-14-4-6-15(7-5-14)16-8-10-17(11-9-16)18-12-19(22)21(24)20(23)13-18/h8-10,12-15,17H,2-7,11H2,1H3. The Labute approximate surface area is 142 Å². The molecule has 3 rings (SSSR count). The van der Waals surface area contributed by atoms with Gasteiger partial charge < -0.3 is 0 Å². The largest absolute Gasteiger partial charge is 0.204 e. The van der Waals surface area contributed by atoms with Gasteiger partial charge in [0.25, 0.3) is 0 Å². The lowest BCUT2D eigenvalue weighted by atomic mass is 9.75. The third-order valence-corrected chi connectivity index (χ3v) is 5.58. The molecular weight excluding hydrogens is 309 g/mol. The molecule has 2 aliphatic rings. The summed E-state index contributed by atoms with van der Waals surface area (Å²) in [7, 11) is 0. The normalized spacial score (nSPS) is 27.2. The zero-order valence-corrected chi connectivity index (χ0v) is 14.2. The highest BCUT2D eigenvalue weighted by Crippen LogP contribution is 2.38. The van der Waals surface area contributed by atoms with Crippen LogP contribution in [0.15, 0.2) is 35.9 Å². The Balaban J connectivity index is 1.62. The lowest BCUT2D eigenvalue weighted by Crippen LogP contribution is -2.16. The van der Waals surface area contributed by atoms with E-state index >= 15 is 0 Å². The van der Waals surface area contributed by atoms with E-state index in [-0.39, 0.29) is 5.92 Å². The van der Waals surface area contributed by atoms with E-state index in [9.17, 15) is 13.2 Å². The smallest absolute Gasteiger partial charge is 0.194 e. The third kappa shape index (κ3) is 3.76. The quantitative estimate of drug-likeness (QED) is 0.539. The van der Waals surface area contributed by atoms with E-state index in [0.29, 0.717) is 11.5 Å². The van der Waals surface area contributed by atoms with Crippen LogP contribution in [0.2, 0.25) is 0 Å². The fraction of sp³-hybridized carbons (Fsp3) is 0.524. The molecule has 1 atom stereocenters. The minimum absolute atomic E-state index is 0.0743. The van der Waals surface area contributed by atoms with Gasteiger partial charge >= 0.3 is 0 Å². The average molecular weight is 334 g/mol. The summed E-state index contributed by atoms with van der Waals surface area (Å²) < 4.78 is 39.9. The monoisotopic (exact) mass is 334 g/mol. The second-order valence-corrected chi connectivity index (χ2v) is 7.21. The van der Waals surface area contributed by atoms with Crippen LogP contribution in [-0.4, -0.2) is 0 Å². The second kappa shape index (κ2) is 7.58. The highest BCUT2D eigenvalue weighted by Gasteiger charge is 2.24. The average Bonchev–Trinajstić information content (AvgIpc) is 2.60. The maximum absolute atomic E-state index is 13.4. The summed E-state index contributed by atoms with van der Waals surface area (Å²) in [4.78, 5) is 0. The van der Waals surface area contributed by atoms with E-state index in [1.165, 1.54) is 44.1 Å². The first-order valence-electron chi connectivity index (χ1n) is 9.11. The van der Waals surface area contributed by atoms with E-state index in [1.54, 1.807) is 0 Å². The van der Waals surface area contributed by atoms with Crippen LogP contribution in [0, 0.1) is 29.3 Å². The molecular formula is C21H25F3. The molecule has 0 nitrogen and oxygen atoms in total. The lowest BCUT2D eigenvalue weighted by molar-refractivity contribution is 0.288. The van der Waals surface area contributed by atoms with Crippen LogP contribution in [0.1, 0.15) is 63.4 Å². The summed E-state index contributed by atoms with van der Waals surface area (Å²) >= 11 is 0. The molecule has 0 bridgehead atoms. The fourth-order valence-corrected chi connectivity index (χ4v) is 4.17. The molecule has 1 aromatic carbocycles. The van der Waals surface area contributed by atoms with Crippen molar-refractivity contribution in [3.05, 3.63) is 58.9 Å². The van der Waals surface area contributed by atoms with Crippen molar-refractivity contribution in [3.8, 4) is 0 Å². The van der Waals surface area contributed by atoms with Crippen molar-refractivity contribution in [1.82, 2.24) is 0 Å². The minimum Gasteiger partial charge on any atom is -0.204 e. The summed E-state index contributed by atoms with van der Waals surface area (Å²) in [5.74, 6) is -2.17. The molecule has 0 aliphatic heterocycles. The van der Waals surface area contributed by atoms with Gasteiger partial charge in [-0.3, -0.25) is 0 Å². The maximum Gasteiger partial charge on any atom is 0.194 e. The van der Waals surface area contributed by atoms with Crippen LogP contribution < -0.4 is 0 Å². The Kier molecular flexibility index (Phi) is 5.47. The second-order valence-electron chi connectivity index (χ2n) is 7.21. The Morgan fingerprint density at radius 3 is 2.21 bits per heavy atom. The van der Waals surface area contributed by atoms with Gasteiger partial charge in [-0.05, 0) is 67.2 Å². The van der Waals surface area contributed by atoms with Crippen molar-refractivity contribution in [2.45, 2.75) is 57.8 Å². The number of hydrogen-bond donors (Lipinski definition) is 0. The maximum atomic E-state index is 13.4. The van der Waals surface area contributed by atoms with Crippen LogP contribution in [0.4, 0.5) is 13.2 Å². The summed E-state index contributed by atoms with van der Waals surface area (Å²) in [6.07, 6.45) is 14.8. The van der Waals surface area contributed by atoms with Crippen LogP contribution >= 0.6 is 0 Å². The van der Waals surface area contributed by atoms with Crippen LogP contribution in [0.25, 0.3) is 0 Å². The molecule has 0 saturated heterocycles. The molecule has 2 aliphatic carbocycles. The predicted octanol–water partition coefficient (Wildman–Crippen LogP) is 6.68. The zero-order valence-electron chi connectivity index (χ0n) is 14.2. The van der Waals surface area contributed by atoms with Gasteiger partial charge in [-0.1, -0.05) is 38.0 Å². The molecule has 130 valence electrons. The molecule has 0 spiro atoms. The number of benzene rings is 1. The first-order valence-corrected chi connectivity index (χ1v) is 9.11. The van der Waals surface area contributed by atoms with Gasteiger partial charge in [0, 0.05) is 5.92 Å². The Morgan fingerprint density at radius 1 is 1.00 bits per heavy atom. The Hall–Kier alpha value is -1.51. The first-order chi connectivity index (χ1) is 11.6. The molecule has 24 heavy (non-hydrogen) atoms. The molecule has 0 aromatic heterocycles. The van der Waals surface area contributed by atoms with Crippen molar-refractivity contribution in [2.24, 2.45) is 11.8 Å². The molecule has 0 radical (unpaired) electrons. The number of rotatable bonds is 4. The molecule has 1 aromatic rings. The van der Waals surface area contributed by atoms with Gasteiger partial charge in [0.2, 0.25) is 0 Å². The third-order valence-electron chi connectivity index (χ3n) is 5.58. The van der Waals surface area contributed by atoms with Crippen molar-refractivity contribution in [1.29, 1.82) is 0 Å². The van der Waals surface area contributed by atoms with Crippen molar-refractivity contribution < 1.29 is 13.2 Å². The van der Waals surface area contributed by atoms with Crippen molar-refractivity contribution in [2.75, 3.05) is 0 Å². The van der Waals surface area contributed by atoms with Crippen LogP contribution in [0.3, 0.4) is 0 Å². The van der Waals surface area contributed by atoms with Gasteiger partial charge in [-0.15, -0.1) is 0 Å². The summed E-state index contributed by atoms with van der Waals surface area (Å²) in [6.45, 7) is 2.25. The van der Waals surface area contributed by atoms with Crippen LogP contribution in [0.5, 0.6) is 0 Å². The highest BCUT2D eigenvalue weighted by atomic mass is 19.2. The SMILES string of the molecule is CCCC1CCC(C2=CCC(c3cc(F)c(F)c(F)c3)C=C2)CC1. The fourth-order valence-electron chi connectivity index (χ4n) is 4.17.